The second-order valence-corrected chi connectivity index (χ2v) is 6.59. The lowest BCUT2D eigenvalue weighted by Gasteiger charge is -2.38. The van der Waals surface area contributed by atoms with Crippen LogP contribution < -0.4 is 5.32 Å². The average Bonchev–Trinajstić information content (AvgIpc) is 2.76. The quantitative estimate of drug-likeness (QED) is 0.915. The van der Waals surface area contributed by atoms with Crippen molar-refractivity contribution < 1.29 is 0 Å². The number of aromatic nitrogens is 2. The largest absolute Gasteiger partial charge is 0.335 e. The molecule has 1 fully saturated rings. The van der Waals surface area contributed by atoms with Crippen molar-refractivity contribution in [2.75, 3.05) is 13.1 Å². The summed E-state index contributed by atoms with van der Waals surface area (Å²) in [6.45, 7) is 7.95. The lowest BCUT2D eigenvalue weighted by molar-refractivity contribution is 0.109. The number of imidazole rings is 1. The van der Waals surface area contributed by atoms with Crippen LogP contribution in [0.3, 0.4) is 0 Å². The average molecular weight is 276 g/mol. The molecule has 1 unspecified atom stereocenters. The maximum atomic E-state index is 4.91. The molecular formula is C16H28N4. The van der Waals surface area contributed by atoms with Gasteiger partial charge in [-0.1, -0.05) is 6.42 Å². The van der Waals surface area contributed by atoms with Gasteiger partial charge in [0.15, 0.2) is 0 Å². The topological polar surface area (TPSA) is 33.1 Å². The van der Waals surface area contributed by atoms with E-state index >= 15 is 0 Å². The predicted molar refractivity (Wildman–Crippen MR) is 81.8 cm³/mol. The minimum absolute atomic E-state index is 0.650. The number of nitrogens with zero attached hydrogens (tertiary/aromatic N) is 3. The van der Waals surface area contributed by atoms with Crippen molar-refractivity contribution in [3.63, 3.8) is 0 Å². The molecule has 0 aromatic carbocycles. The third kappa shape index (κ3) is 2.63. The van der Waals surface area contributed by atoms with Crippen LogP contribution in [0.25, 0.3) is 0 Å². The van der Waals surface area contributed by atoms with Crippen molar-refractivity contribution in [3.8, 4) is 0 Å². The minimum Gasteiger partial charge on any atom is -0.335 e. The summed E-state index contributed by atoms with van der Waals surface area (Å²) in [5.41, 5.74) is 2.73. The van der Waals surface area contributed by atoms with Crippen LogP contribution in [0.2, 0.25) is 0 Å². The van der Waals surface area contributed by atoms with Gasteiger partial charge >= 0.3 is 0 Å². The molecule has 1 N–H and O–H groups in total. The highest BCUT2D eigenvalue weighted by Crippen LogP contribution is 2.24. The number of hydrogen-bond acceptors (Lipinski definition) is 3. The van der Waals surface area contributed by atoms with Gasteiger partial charge in [0.2, 0.25) is 0 Å². The number of hydrogen-bond donors (Lipinski definition) is 1. The molecule has 4 heteroatoms. The molecule has 0 amide bonds. The summed E-state index contributed by atoms with van der Waals surface area (Å²) in [5.74, 6) is 1.29. The summed E-state index contributed by atoms with van der Waals surface area (Å²) in [5, 5.41) is 3.43. The van der Waals surface area contributed by atoms with E-state index in [1.807, 2.05) is 0 Å². The van der Waals surface area contributed by atoms with Gasteiger partial charge in [-0.15, -0.1) is 0 Å². The maximum Gasteiger partial charge on any atom is 0.110 e. The first-order chi connectivity index (χ1) is 9.66. The zero-order valence-electron chi connectivity index (χ0n) is 13.2. The third-order valence-corrected chi connectivity index (χ3v) is 4.97. The Morgan fingerprint density at radius 3 is 2.95 bits per heavy atom. The molecule has 1 atom stereocenters. The lowest BCUT2D eigenvalue weighted by Crippen LogP contribution is -2.45. The molecule has 1 aromatic rings. The summed E-state index contributed by atoms with van der Waals surface area (Å²) >= 11 is 0. The Hall–Kier alpha value is -0.870. The fourth-order valence-corrected chi connectivity index (χ4v) is 3.83. The predicted octanol–water partition coefficient (Wildman–Crippen LogP) is 1.87. The second-order valence-electron chi connectivity index (χ2n) is 6.59. The van der Waals surface area contributed by atoms with E-state index in [2.05, 4.69) is 35.7 Å². The van der Waals surface area contributed by atoms with E-state index in [4.69, 9.17) is 4.98 Å². The van der Waals surface area contributed by atoms with Gasteiger partial charge in [-0.25, -0.2) is 4.98 Å². The summed E-state index contributed by atoms with van der Waals surface area (Å²) in [7, 11) is 2.20. The fourth-order valence-electron chi connectivity index (χ4n) is 3.83. The van der Waals surface area contributed by atoms with Crippen LogP contribution in [0.15, 0.2) is 0 Å². The Morgan fingerprint density at radius 1 is 1.35 bits per heavy atom. The van der Waals surface area contributed by atoms with Crippen LogP contribution in [-0.2, 0) is 26.4 Å². The number of nitrogens with one attached hydrogen (secondary N) is 1. The summed E-state index contributed by atoms with van der Waals surface area (Å²) in [6, 6.07) is 1.33. The Labute approximate surface area is 122 Å². The Bertz CT molecular complexity index is 463. The van der Waals surface area contributed by atoms with Crippen molar-refractivity contribution in [1.29, 1.82) is 0 Å². The van der Waals surface area contributed by atoms with Gasteiger partial charge in [-0.05, 0) is 33.2 Å². The van der Waals surface area contributed by atoms with Crippen LogP contribution >= 0.6 is 0 Å². The number of piperidine rings is 1. The smallest absolute Gasteiger partial charge is 0.110 e. The van der Waals surface area contributed by atoms with Gasteiger partial charge in [0.25, 0.3) is 0 Å². The zero-order chi connectivity index (χ0) is 14.1. The first-order valence-corrected chi connectivity index (χ1v) is 8.16. The van der Waals surface area contributed by atoms with Gasteiger partial charge < -0.3 is 9.88 Å². The van der Waals surface area contributed by atoms with Crippen LogP contribution in [0.1, 0.15) is 50.3 Å². The normalized spacial score (nSPS) is 24.1. The molecule has 3 heterocycles. The monoisotopic (exact) mass is 276 g/mol. The van der Waals surface area contributed by atoms with Crippen LogP contribution in [0, 0.1) is 0 Å². The van der Waals surface area contributed by atoms with E-state index < -0.39 is 0 Å². The van der Waals surface area contributed by atoms with Gasteiger partial charge in [0, 0.05) is 50.8 Å². The summed E-state index contributed by atoms with van der Waals surface area (Å²) in [6.07, 6.45) is 6.29. The van der Waals surface area contributed by atoms with E-state index in [1.54, 1.807) is 0 Å². The van der Waals surface area contributed by atoms with Crippen LogP contribution in [0.5, 0.6) is 0 Å². The van der Waals surface area contributed by atoms with E-state index in [0.717, 1.165) is 25.9 Å². The van der Waals surface area contributed by atoms with E-state index in [9.17, 15) is 0 Å². The molecule has 0 spiro atoms. The minimum atomic E-state index is 0.650. The Morgan fingerprint density at radius 2 is 2.20 bits per heavy atom. The fraction of sp³-hybridized carbons (Fsp3) is 0.812. The van der Waals surface area contributed by atoms with Crippen LogP contribution in [-0.4, -0.2) is 39.6 Å². The molecule has 112 valence electrons. The number of rotatable bonds is 3. The molecule has 1 aromatic heterocycles. The highest BCUT2D eigenvalue weighted by Gasteiger charge is 2.27. The highest BCUT2D eigenvalue weighted by molar-refractivity contribution is 5.20. The molecule has 4 nitrogen and oxygen atoms in total. The van der Waals surface area contributed by atoms with E-state index in [-0.39, 0.29) is 0 Å². The first-order valence-electron chi connectivity index (χ1n) is 8.16. The molecule has 20 heavy (non-hydrogen) atoms. The Balaban J connectivity index is 1.78. The summed E-state index contributed by atoms with van der Waals surface area (Å²) in [4.78, 5) is 7.59. The lowest BCUT2D eigenvalue weighted by atomic mass is 9.97. The van der Waals surface area contributed by atoms with Gasteiger partial charge in [0.05, 0.1) is 5.69 Å². The maximum absolute atomic E-state index is 4.91. The second kappa shape index (κ2) is 5.86. The molecule has 0 radical (unpaired) electrons. The standard InChI is InChI=1S/C16H28N4/c1-12(2)20-9-5-4-6-13(20)10-16-18-14-11-17-8-7-15(14)19(16)3/h12-13,17H,4-11H2,1-3H3. The first kappa shape index (κ1) is 14.1. The highest BCUT2D eigenvalue weighted by atomic mass is 15.2. The molecule has 2 aliphatic heterocycles. The van der Waals surface area contributed by atoms with Gasteiger partial charge in [-0.3, -0.25) is 4.90 Å². The van der Waals surface area contributed by atoms with Crippen molar-refractivity contribution in [2.45, 2.75) is 64.6 Å². The number of likely N-dealkylation sites (tertiary alicyclic amines) is 1. The van der Waals surface area contributed by atoms with Crippen molar-refractivity contribution in [1.82, 2.24) is 19.8 Å². The molecule has 0 aliphatic carbocycles. The molecule has 2 aliphatic rings. The van der Waals surface area contributed by atoms with Crippen molar-refractivity contribution in [2.24, 2.45) is 7.05 Å². The number of fused-ring (bicyclic) bond motifs is 1. The molecular weight excluding hydrogens is 248 g/mol. The van der Waals surface area contributed by atoms with E-state index in [1.165, 1.54) is 43.0 Å². The molecule has 1 saturated heterocycles. The van der Waals surface area contributed by atoms with Gasteiger partial charge in [-0.2, -0.15) is 0 Å². The SMILES string of the molecule is CC(C)N1CCCCC1Cc1nc2c(n1C)CCNC2. The molecule has 3 rings (SSSR count). The van der Waals surface area contributed by atoms with Crippen molar-refractivity contribution in [3.05, 3.63) is 17.2 Å². The zero-order valence-corrected chi connectivity index (χ0v) is 13.2. The van der Waals surface area contributed by atoms with E-state index in [0.29, 0.717) is 12.1 Å². The third-order valence-electron chi connectivity index (χ3n) is 4.97. The van der Waals surface area contributed by atoms with Gasteiger partial charge in [0.1, 0.15) is 5.82 Å². The Kier molecular flexibility index (Phi) is 4.13. The van der Waals surface area contributed by atoms with Crippen molar-refractivity contribution >= 4 is 0 Å². The molecule has 0 saturated carbocycles. The van der Waals surface area contributed by atoms with Crippen LogP contribution in [0.4, 0.5) is 0 Å². The summed E-state index contributed by atoms with van der Waals surface area (Å²) < 4.78 is 2.36. The molecule has 0 bridgehead atoms.